The predicted octanol–water partition coefficient (Wildman–Crippen LogP) is 0.857. The van der Waals surface area contributed by atoms with Crippen molar-refractivity contribution in [3.8, 4) is 5.88 Å². The summed E-state index contributed by atoms with van der Waals surface area (Å²) in [7, 11) is 0. The Kier molecular flexibility index (Phi) is 3.55. The lowest BCUT2D eigenvalue weighted by Crippen LogP contribution is -2.15. The Morgan fingerprint density at radius 1 is 1.53 bits per heavy atom. The summed E-state index contributed by atoms with van der Waals surface area (Å²) in [6.45, 7) is 3.82. The lowest BCUT2D eigenvalue weighted by molar-refractivity contribution is 0.0519. The first kappa shape index (κ1) is 13.1. The summed E-state index contributed by atoms with van der Waals surface area (Å²) < 4.78 is 5.95. The van der Waals surface area contributed by atoms with Crippen molar-refractivity contribution in [2.75, 3.05) is 6.61 Å². The van der Waals surface area contributed by atoms with Gasteiger partial charge in [0.2, 0.25) is 5.88 Å². The Balaban J connectivity index is 2.57. The van der Waals surface area contributed by atoms with E-state index in [0.29, 0.717) is 12.8 Å². The monoisotopic (exact) mass is 265 g/mol. The molecular formula is C12H15N3O4. The molecule has 0 fully saturated rings. The van der Waals surface area contributed by atoms with Crippen LogP contribution in [0.15, 0.2) is 10.9 Å². The van der Waals surface area contributed by atoms with Crippen LogP contribution in [-0.2, 0) is 11.2 Å². The van der Waals surface area contributed by atoms with Gasteiger partial charge < -0.3 is 14.8 Å². The molecule has 0 amide bonds. The van der Waals surface area contributed by atoms with Crippen molar-refractivity contribution in [2.24, 2.45) is 0 Å². The van der Waals surface area contributed by atoms with Crippen LogP contribution in [0.2, 0.25) is 0 Å². The van der Waals surface area contributed by atoms with E-state index in [2.05, 4.69) is 10.1 Å². The third-order valence-electron chi connectivity index (χ3n) is 2.68. The summed E-state index contributed by atoms with van der Waals surface area (Å²) in [5.41, 5.74) is 0.183. The number of fused-ring (bicyclic) bond motifs is 1. The Hall–Kier alpha value is -2.31. The lowest BCUT2D eigenvalue weighted by atomic mass is 10.2. The van der Waals surface area contributed by atoms with Crippen molar-refractivity contribution in [1.82, 2.24) is 14.6 Å². The summed E-state index contributed by atoms with van der Waals surface area (Å²) in [6.07, 6.45) is 1.15. The minimum Gasteiger partial charge on any atom is -0.493 e. The topological polar surface area (TPSA) is 96.7 Å². The maximum Gasteiger partial charge on any atom is 0.358 e. The van der Waals surface area contributed by atoms with Gasteiger partial charge in [0.05, 0.1) is 12.2 Å². The normalized spacial score (nSPS) is 10.8. The average Bonchev–Trinajstić information content (AvgIpc) is 2.79. The average molecular weight is 265 g/mol. The number of hydrogen-bond donors (Lipinski definition) is 2. The number of nitrogens with one attached hydrogen (secondary N) is 1. The number of aromatic nitrogens is 3. The SMILES string of the molecule is CCCc1c(O)n2nc(C(=O)OCC)cc2[nH]c1=O. The first-order chi connectivity index (χ1) is 9.08. The number of rotatable bonds is 4. The van der Waals surface area contributed by atoms with Crippen LogP contribution in [-0.4, -0.2) is 32.3 Å². The van der Waals surface area contributed by atoms with E-state index in [4.69, 9.17) is 4.74 Å². The molecule has 0 spiro atoms. The number of esters is 1. The van der Waals surface area contributed by atoms with Gasteiger partial charge in [-0.2, -0.15) is 9.61 Å². The number of carbonyl (C=O) groups excluding carboxylic acids is 1. The number of H-pyrrole nitrogens is 1. The minimum atomic E-state index is -0.594. The molecule has 2 aromatic rings. The predicted molar refractivity (Wildman–Crippen MR) is 67.4 cm³/mol. The van der Waals surface area contributed by atoms with Crippen molar-refractivity contribution < 1.29 is 14.6 Å². The third kappa shape index (κ3) is 2.31. The number of carbonyl (C=O) groups is 1. The molecule has 2 aromatic heterocycles. The Morgan fingerprint density at radius 3 is 2.89 bits per heavy atom. The van der Waals surface area contributed by atoms with Crippen molar-refractivity contribution in [3.63, 3.8) is 0 Å². The van der Waals surface area contributed by atoms with Crippen LogP contribution in [0.25, 0.3) is 5.65 Å². The van der Waals surface area contributed by atoms with E-state index in [0.717, 1.165) is 4.52 Å². The van der Waals surface area contributed by atoms with Crippen LogP contribution in [0.5, 0.6) is 5.88 Å². The minimum absolute atomic E-state index is 0.0430. The number of hydrogen-bond acceptors (Lipinski definition) is 5. The molecule has 0 aliphatic rings. The van der Waals surface area contributed by atoms with Gasteiger partial charge in [0, 0.05) is 6.07 Å². The molecule has 0 radical (unpaired) electrons. The number of aromatic hydroxyl groups is 1. The molecule has 2 heterocycles. The molecule has 7 nitrogen and oxygen atoms in total. The highest BCUT2D eigenvalue weighted by molar-refractivity contribution is 5.88. The summed E-state index contributed by atoms with van der Waals surface area (Å²) in [6, 6.07) is 1.37. The molecule has 2 rings (SSSR count). The van der Waals surface area contributed by atoms with Crippen LogP contribution in [0.3, 0.4) is 0 Å². The highest BCUT2D eigenvalue weighted by atomic mass is 16.5. The van der Waals surface area contributed by atoms with Crippen LogP contribution in [0.1, 0.15) is 36.3 Å². The quantitative estimate of drug-likeness (QED) is 0.799. The molecule has 19 heavy (non-hydrogen) atoms. The van der Waals surface area contributed by atoms with Gasteiger partial charge in [-0.3, -0.25) is 4.79 Å². The molecule has 7 heteroatoms. The number of aromatic amines is 1. The smallest absolute Gasteiger partial charge is 0.358 e. The summed E-state index contributed by atoms with van der Waals surface area (Å²) in [5, 5.41) is 14.0. The molecule has 0 saturated carbocycles. The maximum atomic E-state index is 11.8. The number of nitrogens with zero attached hydrogens (tertiary/aromatic N) is 2. The number of ether oxygens (including phenoxy) is 1. The van der Waals surface area contributed by atoms with E-state index in [-0.39, 0.29) is 35.0 Å². The highest BCUT2D eigenvalue weighted by Gasteiger charge is 2.17. The maximum absolute atomic E-state index is 11.8. The first-order valence-corrected chi connectivity index (χ1v) is 6.09. The van der Waals surface area contributed by atoms with E-state index in [1.165, 1.54) is 6.07 Å². The second-order valence-corrected chi connectivity index (χ2v) is 4.05. The van der Waals surface area contributed by atoms with Crippen LogP contribution in [0.4, 0.5) is 0 Å². The first-order valence-electron chi connectivity index (χ1n) is 6.09. The Labute approximate surface area is 108 Å². The largest absolute Gasteiger partial charge is 0.493 e. The van der Waals surface area contributed by atoms with Crippen molar-refractivity contribution in [3.05, 3.63) is 27.7 Å². The third-order valence-corrected chi connectivity index (χ3v) is 2.68. The molecule has 0 atom stereocenters. The highest BCUT2D eigenvalue weighted by Crippen LogP contribution is 2.16. The van der Waals surface area contributed by atoms with Crippen molar-refractivity contribution in [2.45, 2.75) is 26.7 Å². The van der Waals surface area contributed by atoms with E-state index in [1.807, 2.05) is 6.92 Å². The molecule has 0 aliphatic carbocycles. The van der Waals surface area contributed by atoms with Gasteiger partial charge in [0.1, 0.15) is 5.65 Å². The van der Waals surface area contributed by atoms with Gasteiger partial charge in [0.15, 0.2) is 5.69 Å². The fraction of sp³-hybridized carbons (Fsp3) is 0.417. The van der Waals surface area contributed by atoms with Gasteiger partial charge in [-0.05, 0) is 13.3 Å². The fourth-order valence-electron chi connectivity index (χ4n) is 1.83. The lowest BCUT2D eigenvalue weighted by Gasteiger charge is -2.03. The summed E-state index contributed by atoms with van der Waals surface area (Å²) >= 11 is 0. The molecular weight excluding hydrogens is 250 g/mol. The van der Waals surface area contributed by atoms with Crippen LogP contribution in [0, 0.1) is 0 Å². The fourth-order valence-corrected chi connectivity index (χ4v) is 1.83. The van der Waals surface area contributed by atoms with Crippen molar-refractivity contribution >= 4 is 11.6 Å². The standard InChI is InChI=1S/C12H15N3O4/c1-3-5-7-10(16)13-9-6-8(12(18)19-4-2)14-15(9)11(7)17/h6,17H,3-5H2,1-2H3,(H,13,16). The van der Waals surface area contributed by atoms with Crippen molar-refractivity contribution in [1.29, 1.82) is 0 Å². The Morgan fingerprint density at radius 2 is 2.26 bits per heavy atom. The second-order valence-electron chi connectivity index (χ2n) is 4.05. The zero-order chi connectivity index (χ0) is 14.0. The molecule has 0 unspecified atom stereocenters. The molecule has 0 bridgehead atoms. The van der Waals surface area contributed by atoms with E-state index >= 15 is 0 Å². The van der Waals surface area contributed by atoms with Gasteiger partial charge in [-0.25, -0.2) is 4.79 Å². The molecule has 0 saturated heterocycles. The molecule has 0 aromatic carbocycles. The summed E-state index contributed by atoms with van der Waals surface area (Å²) in [4.78, 5) is 25.9. The van der Waals surface area contributed by atoms with Gasteiger partial charge in [-0.1, -0.05) is 13.3 Å². The van der Waals surface area contributed by atoms with Crippen LogP contribution >= 0.6 is 0 Å². The van der Waals surface area contributed by atoms with Gasteiger partial charge in [0.25, 0.3) is 5.56 Å². The zero-order valence-corrected chi connectivity index (χ0v) is 10.8. The van der Waals surface area contributed by atoms with Gasteiger partial charge in [-0.15, -0.1) is 0 Å². The van der Waals surface area contributed by atoms with E-state index in [9.17, 15) is 14.7 Å². The molecule has 0 aliphatic heterocycles. The summed E-state index contributed by atoms with van der Waals surface area (Å²) in [5.74, 6) is -0.834. The van der Waals surface area contributed by atoms with Crippen LogP contribution < -0.4 is 5.56 Å². The van der Waals surface area contributed by atoms with Gasteiger partial charge >= 0.3 is 5.97 Å². The van der Waals surface area contributed by atoms with E-state index in [1.54, 1.807) is 6.92 Å². The Bertz CT molecular complexity index is 671. The zero-order valence-electron chi connectivity index (χ0n) is 10.8. The van der Waals surface area contributed by atoms with E-state index < -0.39 is 5.97 Å². The molecule has 2 N–H and O–H groups in total. The molecule has 102 valence electrons. The second kappa shape index (κ2) is 5.13.